The third-order valence-electron chi connectivity index (χ3n) is 2.17. The smallest absolute Gasteiger partial charge is 0.0949 e. The van der Waals surface area contributed by atoms with Crippen LogP contribution in [0.5, 0.6) is 0 Å². The molecule has 0 aromatic rings. The van der Waals surface area contributed by atoms with Gasteiger partial charge in [0.2, 0.25) is 0 Å². The molecule has 1 N–H and O–H groups in total. The Morgan fingerprint density at radius 3 is 2.11 bits per heavy atom. The minimum absolute atomic E-state index is 0.0781. The molecule has 0 amide bonds. The predicted octanol–water partition coefficient (Wildman–Crippen LogP) is 2.30. The van der Waals surface area contributed by atoms with Gasteiger partial charge in [0.15, 0.2) is 0 Å². The molecule has 1 atom stereocenters. The first-order chi connectivity index (χ1) is 4.04. The third kappa shape index (κ3) is 2.33. The summed E-state index contributed by atoms with van der Waals surface area (Å²) in [6.45, 7) is 8.07. The summed E-state index contributed by atoms with van der Waals surface area (Å²) in [5.74, 6) is 0. The van der Waals surface area contributed by atoms with Crippen LogP contribution in [0.2, 0.25) is 0 Å². The van der Waals surface area contributed by atoms with Gasteiger partial charge in [0.05, 0.1) is 6.10 Å². The second-order valence-corrected chi connectivity index (χ2v) is 3.09. The summed E-state index contributed by atoms with van der Waals surface area (Å²) >= 11 is 0. The Balaban J connectivity index is 3.80. The monoisotopic (exact) mass is 132 g/mol. The van der Waals surface area contributed by atoms with Crippen molar-refractivity contribution in [3.8, 4) is 0 Å². The maximum absolute atomic E-state index is 8.30. The van der Waals surface area contributed by atoms with Gasteiger partial charge in [-0.25, -0.2) is 4.89 Å². The maximum atomic E-state index is 8.30. The van der Waals surface area contributed by atoms with Crippen molar-refractivity contribution in [3.05, 3.63) is 0 Å². The minimum Gasteiger partial charge on any atom is -0.252 e. The summed E-state index contributed by atoms with van der Waals surface area (Å²) in [4.78, 5) is 4.21. The van der Waals surface area contributed by atoms with Crippen molar-refractivity contribution in [2.24, 2.45) is 5.41 Å². The Kier molecular flexibility index (Phi) is 3.15. The van der Waals surface area contributed by atoms with E-state index in [2.05, 4.69) is 25.7 Å². The zero-order valence-corrected chi connectivity index (χ0v) is 6.64. The van der Waals surface area contributed by atoms with Crippen molar-refractivity contribution >= 4 is 0 Å². The topological polar surface area (TPSA) is 29.5 Å². The van der Waals surface area contributed by atoms with Gasteiger partial charge in [0.25, 0.3) is 0 Å². The zero-order valence-electron chi connectivity index (χ0n) is 6.64. The number of hydrogen-bond acceptors (Lipinski definition) is 2. The highest BCUT2D eigenvalue weighted by Gasteiger charge is 2.24. The summed E-state index contributed by atoms with van der Waals surface area (Å²) in [6.07, 6.45) is 0.928. The number of hydrogen-bond donors (Lipinski definition) is 1. The predicted molar refractivity (Wildman–Crippen MR) is 37.2 cm³/mol. The molecule has 0 saturated carbocycles. The largest absolute Gasteiger partial charge is 0.252 e. The lowest BCUT2D eigenvalue weighted by Crippen LogP contribution is -2.27. The lowest BCUT2D eigenvalue weighted by atomic mass is 9.85. The van der Waals surface area contributed by atoms with Gasteiger partial charge in [-0.15, -0.1) is 0 Å². The molecule has 0 fully saturated rings. The van der Waals surface area contributed by atoms with E-state index in [1.807, 2.05) is 6.92 Å². The molecule has 0 rings (SSSR count). The molecule has 0 aromatic carbocycles. The highest BCUT2D eigenvalue weighted by Crippen LogP contribution is 2.25. The van der Waals surface area contributed by atoms with Crippen LogP contribution in [0.1, 0.15) is 34.1 Å². The molecule has 0 aliphatic heterocycles. The molecular formula is C7H16O2. The molecule has 9 heavy (non-hydrogen) atoms. The standard InChI is InChI=1S/C7H16O2/c1-5-7(3,4)6(2)9-8/h6,8H,5H2,1-4H3. The summed E-state index contributed by atoms with van der Waals surface area (Å²) < 4.78 is 0. The Bertz CT molecular complexity index is 79.0. The first-order valence-corrected chi connectivity index (χ1v) is 3.34. The van der Waals surface area contributed by atoms with E-state index in [4.69, 9.17) is 5.26 Å². The van der Waals surface area contributed by atoms with Crippen molar-refractivity contribution < 1.29 is 10.1 Å². The highest BCUT2D eigenvalue weighted by atomic mass is 17.1. The van der Waals surface area contributed by atoms with E-state index in [0.29, 0.717) is 0 Å². The number of rotatable bonds is 3. The molecule has 0 saturated heterocycles. The SMILES string of the molecule is CCC(C)(C)C(C)OO. The van der Waals surface area contributed by atoms with Crippen LogP contribution in [-0.2, 0) is 4.89 Å². The van der Waals surface area contributed by atoms with E-state index in [1.54, 1.807) is 0 Å². The molecular weight excluding hydrogens is 116 g/mol. The average molecular weight is 132 g/mol. The van der Waals surface area contributed by atoms with E-state index < -0.39 is 0 Å². The van der Waals surface area contributed by atoms with Crippen LogP contribution in [0.25, 0.3) is 0 Å². The molecule has 2 heteroatoms. The Morgan fingerprint density at radius 1 is 1.56 bits per heavy atom. The summed E-state index contributed by atoms with van der Waals surface area (Å²) in [6, 6.07) is 0. The molecule has 0 heterocycles. The molecule has 0 radical (unpaired) electrons. The second kappa shape index (κ2) is 3.18. The molecule has 2 nitrogen and oxygen atoms in total. The summed E-state index contributed by atoms with van der Waals surface area (Å²) in [7, 11) is 0. The van der Waals surface area contributed by atoms with Gasteiger partial charge in [0.1, 0.15) is 0 Å². The average Bonchev–Trinajstić information content (AvgIpc) is 1.86. The van der Waals surface area contributed by atoms with Crippen LogP contribution >= 0.6 is 0 Å². The van der Waals surface area contributed by atoms with Crippen molar-refractivity contribution in [3.63, 3.8) is 0 Å². The molecule has 1 unspecified atom stereocenters. The molecule has 56 valence electrons. The third-order valence-corrected chi connectivity index (χ3v) is 2.17. The summed E-state index contributed by atoms with van der Waals surface area (Å²) in [5.41, 5.74) is 0.0781. The van der Waals surface area contributed by atoms with Crippen molar-refractivity contribution in [1.29, 1.82) is 0 Å². The summed E-state index contributed by atoms with van der Waals surface area (Å²) in [5, 5.41) is 8.30. The first kappa shape index (κ1) is 8.92. The van der Waals surface area contributed by atoms with Gasteiger partial charge in [-0.05, 0) is 18.8 Å². The van der Waals surface area contributed by atoms with E-state index in [1.165, 1.54) is 0 Å². The van der Waals surface area contributed by atoms with Crippen molar-refractivity contribution in [2.75, 3.05) is 0 Å². The van der Waals surface area contributed by atoms with Gasteiger partial charge < -0.3 is 0 Å². The fourth-order valence-electron chi connectivity index (χ4n) is 0.430. The van der Waals surface area contributed by atoms with Crippen molar-refractivity contribution in [2.45, 2.75) is 40.2 Å². The van der Waals surface area contributed by atoms with E-state index in [-0.39, 0.29) is 11.5 Å². The lowest BCUT2D eigenvalue weighted by Gasteiger charge is -2.27. The fraction of sp³-hybridized carbons (Fsp3) is 1.00. The van der Waals surface area contributed by atoms with Gasteiger partial charge in [-0.3, -0.25) is 5.26 Å². The Morgan fingerprint density at radius 2 is 2.00 bits per heavy atom. The van der Waals surface area contributed by atoms with Crippen LogP contribution in [0, 0.1) is 5.41 Å². The van der Waals surface area contributed by atoms with E-state index in [0.717, 1.165) is 6.42 Å². The quantitative estimate of drug-likeness (QED) is 0.471. The zero-order chi connectivity index (χ0) is 7.49. The van der Waals surface area contributed by atoms with E-state index >= 15 is 0 Å². The molecule has 0 bridgehead atoms. The Hall–Kier alpha value is -0.0800. The highest BCUT2D eigenvalue weighted by molar-refractivity contribution is 4.72. The van der Waals surface area contributed by atoms with Crippen LogP contribution in [0.15, 0.2) is 0 Å². The Labute approximate surface area is 56.8 Å². The van der Waals surface area contributed by atoms with Crippen LogP contribution in [0.4, 0.5) is 0 Å². The van der Waals surface area contributed by atoms with Crippen LogP contribution < -0.4 is 0 Å². The van der Waals surface area contributed by atoms with Gasteiger partial charge in [0, 0.05) is 0 Å². The van der Waals surface area contributed by atoms with Gasteiger partial charge in [-0.2, -0.15) is 0 Å². The van der Waals surface area contributed by atoms with E-state index in [9.17, 15) is 0 Å². The lowest BCUT2D eigenvalue weighted by molar-refractivity contribution is -0.296. The maximum Gasteiger partial charge on any atom is 0.0949 e. The van der Waals surface area contributed by atoms with Crippen LogP contribution in [0.3, 0.4) is 0 Å². The molecule has 0 aliphatic rings. The normalized spacial score (nSPS) is 15.7. The second-order valence-electron chi connectivity index (χ2n) is 3.09. The van der Waals surface area contributed by atoms with Gasteiger partial charge in [-0.1, -0.05) is 20.8 Å². The van der Waals surface area contributed by atoms with Gasteiger partial charge >= 0.3 is 0 Å². The molecule has 0 spiro atoms. The minimum atomic E-state index is -0.0810. The van der Waals surface area contributed by atoms with Crippen molar-refractivity contribution in [1.82, 2.24) is 0 Å². The first-order valence-electron chi connectivity index (χ1n) is 3.34. The van der Waals surface area contributed by atoms with Crippen LogP contribution in [-0.4, -0.2) is 11.4 Å². The fourth-order valence-corrected chi connectivity index (χ4v) is 0.430. The molecule has 0 aromatic heterocycles. The molecule has 0 aliphatic carbocycles.